The summed E-state index contributed by atoms with van der Waals surface area (Å²) < 4.78 is 88.1. The fourth-order valence-electron chi connectivity index (χ4n) is 5.55. The van der Waals surface area contributed by atoms with Gasteiger partial charge < -0.3 is 14.2 Å². The minimum absolute atomic E-state index is 0.0502. The smallest absolute Gasteiger partial charge is 0.260 e. The lowest BCUT2D eigenvalue weighted by atomic mass is 9.87. The van der Waals surface area contributed by atoms with Crippen molar-refractivity contribution in [2.24, 2.45) is 5.92 Å². The molecule has 0 saturated carbocycles. The van der Waals surface area contributed by atoms with E-state index >= 15 is 0 Å². The summed E-state index contributed by atoms with van der Waals surface area (Å²) in [7, 11) is 0. The topological polar surface area (TPSA) is 36.7 Å². The van der Waals surface area contributed by atoms with Crippen LogP contribution in [0.1, 0.15) is 46.2 Å². The number of furan rings is 1. The Kier molecular flexibility index (Phi) is 7.02. The number of hydrogen-bond donors (Lipinski definition) is 0. The molecule has 2 aliphatic heterocycles. The van der Waals surface area contributed by atoms with E-state index in [9.17, 15) is 31.1 Å². The van der Waals surface area contributed by atoms with E-state index < -0.39 is 40.6 Å². The molecular formula is C27H24F6N2O2. The van der Waals surface area contributed by atoms with Crippen molar-refractivity contribution in [2.45, 2.75) is 24.7 Å². The zero-order valence-corrected chi connectivity index (χ0v) is 19.7. The van der Waals surface area contributed by atoms with Gasteiger partial charge in [0.2, 0.25) is 5.82 Å². The number of halogens is 6. The van der Waals surface area contributed by atoms with E-state index in [0.717, 1.165) is 42.0 Å². The molecule has 37 heavy (non-hydrogen) atoms. The zero-order chi connectivity index (χ0) is 26.3. The van der Waals surface area contributed by atoms with E-state index in [1.807, 2.05) is 0 Å². The zero-order valence-electron chi connectivity index (χ0n) is 19.7. The second kappa shape index (κ2) is 10.2. The largest absolute Gasteiger partial charge is 0.472 e. The first-order valence-electron chi connectivity index (χ1n) is 12.0. The van der Waals surface area contributed by atoms with Crippen molar-refractivity contribution in [3.8, 4) is 0 Å². The van der Waals surface area contributed by atoms with Crippen molar-refractivity contribution >= 4 is 5.91 Å². The first-order valence-corrected chi connectivity index (χ1v) is 12.0. The van der Waals surface area contributed by atoms with Gasteiger partial charge in [-0.3, -0.25) is 4.79 Å². The molecule has 3 aromatic rings. The molecular weight excluding hydrogens is 498 g/mol. The summed E-state index contributed by atoms with van der Waals surface area (Å²) in [6.45, 7) is 2.25. The summed E-state index contributed by atoms with van der Waals surface area (Å²) in [5.74, 6) is -12.5. The standard InChI is InChI=1S/C27H24F6N2O2/c28-19-3-1-15(2-4-19)16-5-8-34(9-6-16)11-18-12-35(13-20(18)17-7-10-37-14-17)27(36)21-22(29)24(31)26(33)25(32)23(21)30/h1-4,7,10,14,16,18,20H,5-6,8-9,11-13H2. The number of carbonyl (C=O) groups is 1. The quantitative estimate of drug-likeness (QED) is 0.240. The fourth-order valence-corrected chi connectivity index (χ4v) is 5.55. The van der Waals surface area contributed by atoms with Crippen LogP contribution in [-0.4, -0.2) is 48.4 Å². The summed E-state index contributed by atoms with van der Waals surface area (Å²) >= 11 is 0. The maximum absolute atomic E-state index is 14.3. The molecule has 2 aromatic carbocycles. The van der Waals surface area contributed by atoms with Crippen LogP contribution in [0.4, 0.5) is 26.3 Å². The Morgan fingerprint density at radius 3 is 2.03 bits per heavy atom. The first-order chi connectivity index (χ1) is 17.7. The Hall–Kier alpha value is -3.27. The van der Waals surface area contributed by atoms with E-state index in [-0.39, 0.29) is 30.7 Å². The number of likely N-dealkylation sites (tertiary alicyclic amines) is 2. The summed E-state index contributed by atoms with van der Waals surface area (Å²) in [6.07, 6.45) is 4.74. The number of benzene rings is 2. The van der Waals surface area contributed by atoms with E-state index in [2.05, 4.69) is 4.90 Å². The third-order valence-corrected chi connectivity index (χ3v) is 7.54. The predicted octanol–water partition coefficient (Wildman–Crippen LogP) is 5.85. The maximum Gasteiger partial charge on any atom is 0.260 e. The van der Waals surface area contributed by atoms with Crippen LogP contribution in [0.5, 0.6) is 0 Å². The van der Waals surface area contributed by atoms with Crippen molar-refractivity contribution < 1.29 is 35.6 Å². The summed E-state index contributed by atoms with van der Waals surface area (Å²) in [4.78, 5) is 16.4. The van der Waals surface area contributed by atoms with Crippen LogP contribution in [0, 0.1) is 40.8 Å². The molecule has 0 radical (unpaired) electrons. The molecule has 3 heterocycles. The van der Waals surface area contributed by atoms with Gasteiger partial charge in [0.05, 0.1) is 12.5 Å². The number of piperidine rings is 1. The number of carbonyl (C=O) groups excluding carboxylic acids is 1. The molecule has 4 nitrogen and oxygen atoms in total. The molecule has 2 fully saturated rings. The summed E-state index contributed by atoms with van der Waals surface area (Å²) in [5.41, 5.74) is 0.430. The Morgan fingerprint density at radius 1 is 0.811 bits per heavy atom. The molecule has 1 amide bonds. The molecule has 2 unspecified atom stereocenters. The van der Waals surface area contributed by atoms with Gasteiger partial charge in [0.1, 0.15) is 11.4 Å². The average molecular weight is 522 g/mol. The molecule has 196 valence electrons. The molecule has 0 N–H and O–H groups in total. The highest BCUT2D eigenvalue weighted by Crippen LogP contribution is 2.37. The van der Waals surface area contributed by atoms with E-state index in [1.165, 1.54) is 24.7 Å². The molecule has 5 rings (SSSR count). The van der Waals surface area contributed by atoms with Gasteiger partial charge in [-0.2, -0.15) is 0 Å². The minimum Gasteiger partial charge on any atom is -0.472 e. The van der Waals surface area contributed by atoms with E-state index in [4.69, 9.17) is 4.42 Å². The fraction of sp³-hybridized carbons (Fsp3) is 0.370. The third kappa shape index (κ3) is 4.86. The van der Waals surface area contributed by atoms with Gasteiger partial charge in [-0.15, -0.1) is 0 Å². The SMILES string of the molecule is O=C(c1c(F)c(F)c(F)c(F)c1F)N1CC(CN2CCC(c3ccc(F)cc3)CC2)C(c2ccoc2)C1. The monoisotopic (exact) mass is 522 g/mol. The third-order valence-electron chi connectivity index (χ3n) is 7.54. The van der Waals surface area contributed by atoms with Gasteiger partial charge in [0, 0.05) is 25.6 Å². The lowest BCUT2D eigenvalue weighted by molar-refractivity contribution is 0.0768. The second-order valence-electron chi connectivity index (χ2n) is 9.70. The molecule has 0 aliphatic carbocycles. The lowest BCUT2D eigenvalue weighted by Gasteiger charge is -2.34. The summed E-state index contributed by atoms with van der Waals surface area (Å²) in [5, 5.41) is 0. The molecule has 0 bridgehead atoms. The van der Waals surface area contributed by atoms with Crippen molar-refractivity contribution in [2.75, 3.05) is 32.7 Å². The molecule has 2 saturated heterocycles. The van der Waals surface area contributed by atoms with Crippen molar-refractivity contribution in [1.82, 2.24) is 9.80 Å². The Balaban J connectivity index is 1.31. The number of nitrogens with zero attached hydrogens (tertiary/aromatic N) is 2. The molecule has 2 aliphatic rings. The van der Waals surface area contributed by atoms with Gasteiger partial charge in [-0.05, 0) is 67.1 Å². The Morgan fingerprint density at radius 2 is 1.43 bits per heavy atom. The van der Waals surface area contributed by atoms with Gasteiger partial charge in [0.15, 0.2) is 23.3 Å². The van der Waals surface area contributed by atoms with Crippen LogP contribution >= 0.6 is 0 Å². The van der Waals surface area contributed by atoms with Gasteiger partial charge >= 0.3 is 0 Å². The lowest BCUT2D eigenvalue weighted by Crippen LogP contribution is -2.38. The van der Waals surface area contributed by atoms with Crippen LogP contribution in [0.3, 0.4) is 0 Å². The number of amides is 1. The minimum atomic E-state index is -2.30. The molecule has 10 heteroatoms. The van der Waals surface area contributed by atoms with Crippen LogP contribution in [0.15, 0.2) is 47.3 Å². The normalized spacial score (nSPS) is 21.1. The predicted molar refractivity (Wildman–Crippen MR) is 122 cm³/mol. The van der Waals surface area contributed by atoms with Gasteiger partial charge in [-0.1, -0.05) is 12.1 Å². The van der Waals surface area contributed by atoms with Crippen molar-refractivity contribution in [3.63, 3.8) is 0 Å². The number of hydrogen-bond acceptors (Lipinski definition) is 3. The van der Waals surface area contributed by atoms with Crippen LogP contribution < -0.4 is 0 Å². The van der Waals surface area contributed by atoms with Crippen LogP contribution in [0.2, 0.25) is 0 Å². The van der Waals surface area contributed by atoms with Crippen LogP contribution in [-0.2, 0) is 0 Å². The maximum atomic E-state index is 14.3. The molecule has 1 aromatic heterocycles. The second-order valence-corrected chi connectivity index (χ2v) is 9.70. The van der Waals surface area contributed by atoms with E-state index in [1.54, 1.807) is 18.2 Å². The van der Waals surface area contributed by atoms with Gasteiger partial charge in [0.25, 0.3) is 5.91 Å². The highest BCUT2D eigenvalue weighted by Gasteiger charge is 2.41. The van der Waals surface area contributed by atoms with Gasteiger partial charge in [-0.25, -0.2) is 26.3 Å². The molecule has 2 atom stereocenters. The summed E-state index contributed by atoms with van der Waals surface area (Å²) in [6, 6.07) is 8.23. The first kappa shape index (κ1) is 25.4. The average Bonchev–Trinajstić information content (AvgIpc) is 3.58. The highest BCUT2D eigenvalue weighted by molar-refractivity contribution is 5.95. The Bertz CT molecular complexity index is 1240. The van der Waals surface area contributed by atoms with Crippen molar-refractivity contribution in [3.05, 3.63) is 94.5 Å². The van der Waals surface area contributed by atoms with Crippen LogP contribution in [0.25, 0.3) is 0 Å². The molecule has 0 spiro atoms. The Labute approximate surface area is 209 Å². The van der Waals surface area contributed by atoms with Crippen molar-refractivity contribution in [1.29, 1.82) is 0 Å². The number of rotatable bonds is 5. The van der Waals surface area contributed by atoms with E-state index in [0.29, 0.717) is 12.5 Å². The highest BCUT2D eigenvalue weighted by atomic mass is 19.2.